The van der Waals surface area contributed by atoms with Crippen LogP contribution in [0.15, 0.2) is 60.7 Å². The van der Waals surface area contributed by atoms with Gasteiger partial charge in [-0.25, -0.2) is 0 Å². The average molecular weight is 475 g/mol. The molecule has 0 aliphatic carbocycles. The fourth-order valence-corrected chi connectivity index (χ4v) is 4.62. The van der Waals surface area contributed by atoms with Gasteiger partial charge in [-0.2, -0.15) is 0 Å². The second-order valence-corrected chi connectivity index (χ2v) is 8.86. The van der Waals surface area contributed by atoms with Crippen LogP contribution in [0, 0.1) is 0 Å². The lowest BCUT2D eigenvalue weighted by molar-refractivity contribution is -0.218. The number of carbonyl (C=O) groups excluding carboxylic acids is 1. The van der Waals surface area contributed by atoms with Gasteiger partial charge < -0.3 is 29.6 Å². The van der Waals surface area contributed by atoms with Gasteiger partial charge in [-0.05, 0) is 41.5 Å². The van der Waals surface area contributed by atoms with E-state index in [9.17, 15) is 4.79 Å². The molecule has 5 rings (SSSR count). The lowest BCUT2D eigenvalue weighted by Crippen LogP contribution is -2.49. The molecule has 182 valence electrons. The number of carbonyl (C=O) groups is 1. The topological polar surface area (TPSA) is 78.1 Å². The highest BCUT2D eigenvalue weighted by atomic mass is 16.7. The van der Waals surface area contributed by atoms with E-state index < -0.39 is 5.79 Å². The van der Waals surface area contributed by atoms with Gasteiger partial charge in [0.15, 0.2) is 0 Å². The largest absolute Gasteiger partial charge is 0.497 e. The molecule has 1 fully saturated rings. The Morgan fingerprint density at radius 1 is 1.00 bits per heavy atom. The highest BCUT2D eigenvalue weighted by molar-refractivity contribution is 5.93. The van der Waals surface area contributed by atoms with Crippen molar-refractivity contribution in [3.05, 3.63) is 71.8 Å². The molecule has 2 aliphatic rings. The van der Waals surface area contributed by atoms with E-state index in [-0.39, 0.29) is 12.3 Å². The Morgan fingerprint density at radius 3 is 2.63 bits per heavy atom. The van der Waals surface area contributed by atoms with Crippen molar-refractivity contribution in [2.45, 2.75) is 31.7 Å². The van der Waals surface area contributed by atoms with E-state index in [1.165, 1.54) is 0 Å². The molecule has 3 aromatic carbocycles. The van der Waals surface area contributed by atoms with Crippen LogP contribution in [-0.4, -0.2) is 39.0 Å². The molecule has 3 aromatic rings. The normalized spacial score (nSPS) is 16.2. The summed E-state index contributed by atoms with van der Waals surface area (Å²) in [6, 6.07) is 19.5. The quantitative estimate of drug-likeness (QED) is 0.546. The summed E-state index contributed by atoms with van der Waals surface area (Å²) in [5, 5.41) is 6.35. The maximum atomic E-state index is 12.8. The highest BCUT2D eigenvalue weighted by Gasteiger charge is 2.38. The molecule has 0 bridgehead atoms. The zero-order valence-corrected chi connectivity index (χ0v) is 20.1. The number of methoxy groups -OCH3 is 2. The summed E-state index contributed by atoms with van der Waals surface area (Å²) in [6.45, 7) is 2.33. The van der Waals surface area contributed by atoms with Crippen molar-refractivity contribution in [1.82, 2.24) is 5.32 Å². The maximum absolute atomic E-state index is 12.8. The molecule has 0 aromatic heterocycles. The van der Waals surface area contributed by atoms with E-state index in [1.54, 1.807) is 20.3 Å². The van der Waals surface area contributed by atoms with Gasteiger partial charge in [0.05, 0.1) is 27.2 Å². The Balaban J connectivity index is 1.29. The Kier molecular flexibility index (Phi) is 6.61. The minimum atomic E-state index is -0.503. The van der Waals surface area contributed by atoms with Crippen molar-refractivity contribution < 1.29 is 23.7 Å². The van der Waals surface area contributed by atoms with Gasteiger partial charge in [0.1, 0.15) is 17.2 Å². The molecular formula is C28H30N2O5. The number of hydrogen-bond donors (Lipinski definition) is 2. The molecule has 0 radical (unpaired) electrons. The van der Waals surface area contributed by atoms with Crippen LogP contribution in [0.4, 0.5) is 5.69 Å². The van der Waals surface area contributed by atoms with Crippen LogP contribution in [0.25, 0.3) is 11.1 Å². The molecule has 7 heteroatoms. The van der Waals surface area contributed by atoms with E-state index in [4.69, 9.17) is 18.9 Å². The van der Waals surface area contributed by atoms with Crippen LogP contribution in [0.5, 0.6) is 17.2 Å². The Labute approximate surface area is 205 Å². The predicted octanol–water partition coefficient (Wildman–Crippen LogP) is 4.54. The number of piperidine rings is 1. The minimum absolute atomic E-state index is 0.120. The number of ether oxygens (including phenoxy) is 4. The first-order chi connectivity index (χ1) is 17.1. The molecule has 7 nitrogen and oxygen atoms in total. The van der Waals surface area contributed by atoms with Gasteiger partial charge in [-0.1, -0.05) is 24.3 Å². The summed E-state index contributed by atoms with van der Waals surface area (Å²) in [5.41, 5.74) is 4.62. The molecule has 0 atom stereocenters. The van der Waals surface area contributed by atoms with E-state index in [1.807, 2.05) is 42.5 Å². The summed E-state index contributed by atoms with van der Waals surface area (Å²) in [5.74, 6) is 1.57. The Bertz CT molecular complexity index is 1220. The van der Waals surface area contributed by atoms with Crippen LogP contribution in [0.2, 0.25) is 0 Å². The molecule has 0 unspecified atom stereocenters. The molecular weight excluding hydrogens is 444 g/mol. The lowest BCUT2D eigenvalue weighted by Gasteiger charge is -2.41. The minimum Gasteiger partial charge on any atom is -0.497 e. The third-order valence-electron chi connectivity index (χ3n) is 6.54. The van der Waals surface area contributed by atoms with Crippen LogP contribution < -0.4 is 24.8 Å². The zero-order chi connectivity index (χ0) is 24.3. The predicted molar refractivity (Wildman–Crippen MR) is 134 cm³/mol. The maximum Gasteiger partial charge on any atom is 0.228 e. The van der Waals surface area contributed by atoms with Gasteiger partial charge >= 0.3 is 0 Å². The van der Waals surface area contributed by atoms with Crippen LogP contribution in [0.3, 0.4) is 0 Å². The van der Waals surface area contributed by atoms with Crippen molar-refractivity contribution >= 4 is 11.6 Å². The lowest BCUT2D eigenvalue weighted by atomic mass is 9.99. The van der Waals surface area contributed by atoms with Gasteiger partial charge in [-0.3, -0.25) is 4.79 Å². The summed E-state index contributed by atoms with van der Waals surface area (Å²) < 4.78 is 23.1. The first-order valence-electron chi connectivity index (χ1n) is 11.9. The Morgan fingerprint density at radius 2 is 1.83 bits per heavy atom. The fourth-order valence-electron chi connectivity index (χ4n) is 4.62. The van der Waals surface area contributed by atoms with E-state index in [0.29, 0.717) is 18.1 Å². The molecule has 1 saturated heterocycles. The van der Waals surface area contributed by atoms with Crippen molar-refractivity contribution in [3.63, 3.8) is 0 Å². The summed E-state index contributed by atoms with van der Waals surface area (Å²) in [6.07, 6.45) is 1.89. The summed E-state index contributed by atoms with van der Waals surface area (Å²) in [7, 11) is 3.18. The molecule has 0 saturated carbocycles. The summed E-state index contributed by atoms with van der Waals surface area (Å²) in [4.78, 5) is 12.8. The van der Waals surface area contributed by atoms with Crippen molar-refractivity contribution in [3.8, 4) is 28.4 Å². The number of amides is 1. The number of nitrogens with one attached hydrogen (secondary N) is 2. The fraction of sp³-hybridized carbons (Fsp3) is 0.321. The number of hydrogen-bond acceptors (Lipinski definition) is 6. The SMILES string of the molecule is COc1ccc(CC(=O)Nc2cccc(-c3ccc4c(c3)COC3(CCNCC3)O4)c2)c(OC)c1. The van der Waals surface area contributed by atoms with Gasteiger partial charge in [0.2, 0.25) is 11.7 Å². The number of rotatable bonds is 6. The van der Waals surface area contributed by atoms with Crippen LogP contribution in [0.1, 0.15) is 24.0 Å². The number of anilines is 1. The second-order valence-electron chi connectivity index (χ2n) is 8.86. The van der Waals surface area contributed by atoms with Crippen LogP contribution >= 0.6 is 0 Å². The molecule has 1 amide bonds. The first kappa shape index (κ1) is 23.2. The zero-order valence-electron chi connectivity index (χ0n) is 20.1. The van der Waals surface area contributed by atoms with E-state index in [0.717, 1.165) is 59.6 Å². The Hall–Kier alpha value is -3.55. The third kappa shape index (κ3) is 5.11. The monoisotopic (exact) mass is 474 g/mol. The molecule has 2 aliphatic heterocycles. The molecule has 35 heavy (non-hydrogen) atoms. The number of fused-ring (bicyclic) bond motifs is 1. The van der Waals surface area contributed by atoms with Gasteiger partial charge in [0, 0.05) is 48.8 Å². The van der Waals surface area contributed by atoms with Gasteiger partial charge in [0.25, 0.3) is 0 Å². The van der Waals surface area contributed by atoms with Crippen molar-refractivity contribution in [1.29, 1.82) is 0 Å². The average Bonchev–Trinajstić information content (AvgIpc) is 2.89. The van der Waals surface area contributed by atoms with Crippen LogP contribution in [-0.2, 0) is 22.6 Å². The third-order valence-corrected chi connectivity index (χ3v) is 6.54. The van der Waals surface area contributed by atoms with E-state index in [2.05, 4.69) is 22.8 Å². The summed E-state index contributed by atoms with van der Waals surface area (Å²) >= 11 is 0. The van der Waals surface area contributed by atoms with Crippen molar-refractivity contribution in [2.75, 3.05) is 32.6 Å². The molecule has 2 N–H and O–H groups in total. The molecule has 2 heterocycles. The number of benzene rings is 3. The van der Waals surface area contributed by atoms with Crippen molar-refractivity contribution in [2.24, 2.45) is 0 Å². The van der Waals surface area contributed by atoms with E-state index >= 15 is 0 Å². The second kappa shape index (κ2) is 9.98. The highest BCUT2D eigenvalue weighted by Crippen LogP contribution is 2.38. The smallest absolute Gasteiger partial charge is 0.228 e. The first-order valence-corrected chi connectivity index (χ1v) is 11.9. The standard InChI is InChI=1S/C28H30N2O5/c1-32-24-8-6-21(26(17-24)33-2)16-27(31)30-23-5-3-4-19(15-23)20-7-9-25-22(14-20)18-34-28(35-25)10-12-29-13-11-28/h3-9,14-15,17,29H,10-13,16,18H2,1-2H3,(H,30,31). The van der Waals surface area contributed by atoms with Gasteiger partial charge in [-0.15, -0.1) is 0 Å². The molecule has 1 spiro atoms.